The Kier molecular flexibility index (Phi) is 4.98. The average Bonchev–Trinajstić information content (AvgIpc) is 2.52. The van der Waals surface area contributed by atoms with E-state index in [1.807, 2.05) is 0 Å². The third kappa shape index (κ3) is 3.43. The van der Waals surface area contributed by atoms with Gasteiger partial charge in [0, 0.05) is 11.1 Å². The van der Waals surface area contributed by atoms with E-state index in [9.17, 15) is 15.3 Å². The van der Waals surface area contributed by atoms with Crippen LogP contribution in [0.25, 0.3) is 0 Å². The van der Waals surface area contributed by atoms with Gasteiger partial charge in [0.2, 0.25) is 0 Å². The predicted octanol–water partition coefficient (Wildman–Crippen LogP) is -1.14. The molecule has 0 aromatic heterocycles. The van der Waals surface area contributed by atoms with Gasteiger partial charge in [-0.15, -0.1) is 6.42 Å². The Morgan fingerprint density at radius 3 is 2.19 bits per heavy atom. The molecule has 1 saturated heterocycles. The summed E-state index contributed by atoms with van der Waals surface area (Å²) >= 11 is 0. The Morgan fingerprint density at radius 1 is 1.00 bits per heavy atom. The van der Waals surface area contributed by atoms with Crippen molar-refractivity contribution < 1.29 is 25.2 Å². The van der Waals surface area contributed by atoms with Gasteiger partial charge >= 0.3 is 0 Å². The first kappa shape index (κ1) is 15.5. The molecule has 0 aliphatic carbocycles. The lowest BCUT2D eigenvalue weighted by Gasteiger charge is -2.37. The number of benzene rings is 1. The molecular weight excluding hydrogens is 272 g/mol. The SMILES string of the molecule is C#Cc1ccc(C#C[C@H]2O[C@H](CO)[C@@H](O)[C@H](O)[C@@H]2O)cc1. The van der Waals surface area contributed by atoms with Crippen molar-refractivity contribution in [1.82, 2.24) is 0 Å². The molecule has 5 nitrogen and oxygen atoms in total. The smallest absolute Gasteiger partial charge is 0.147 e. The van der Waals surface area contributed by atoms with Crippen LogP contribution in [0.15, 0.2) is 24.3 Å². The minimum absolute atomic E-state index is 0.472. The Hall–Kier alpha value is -1.86. The Bertz CT molecular complexity index is 575. The van der Waals surface area contributed by atoms with Crippen LogP contribution in [-0.2, 0) is 4.74 Å². The maximum Gasteiger partial charge on any atom is 0.147 e. The zero-order chi connectivity index (χ0) is 15.4. The minimum atomic E-state index is -1.42. The summed E-state index contributed by atoms with van der Waals surface area (Å²) in [4.78, 5) is 0. The van der Waals surface area contributed by atoms with Crippen molar-refractivity contribution in [1.29, 1.82) is 0 Å². The number of terminal acetylenes is 1. The summed E-state index contributed by atoms with van der Waals surface area (Å²) in [7, 11) is 0. The van der Waals surface area contributed by atoms with Crippen molar-refractivity contribution >= 4 is 0 Å². The highest BCUT2D eigenvalue weighted by Crippen LogP contribution is 2.20. The number of rotatable bonds is 1. The number of hydrogen-bond acceptors (Lipinski definition) is 5. The standard InChI is InChI=1S/C16H16O5/c1-2-10-3-5-11(6-4-10)7-8-12-14(18)16(20)15(19)13(9-17)21-12/h1,3-6,12-20H,9H2/t12-,13-,14-,15-,16-/m1/s1. The molecule has 4 N–H and O–H groups in total. The second kappa shape index (κ2) is 6.73. The van der Waals surface area contributed by atoms with Gasteiger partial charge in [-0.05, 0) is 24.3 Å². The summed E-state index contributed by atoms with van der Waals surface area (Å²) < 4.78 is 5.28. The van der Waals surface area contributed by atoms with E-state index in [1.54, 1.807) is 24.3 Å². The topological polar surface area (TPSA) is 90.2 Å². The van der Waals surface area contributed by atoms with Crippen LogP contribution in [0.1, 0.15) is 11.1 Å². The molecule has 0 unspecified atom stereocenters. The van der Waals surface area contributed by atoms with Crippen molar-refractivity contribution in [3.05, 3.63) is 35.4 Å². The summed E-state index contributed by atoms with van der Waals surface area (Å²) in [5.41, 5.74) is 1.40. The highest BCUT2D eigenvalue weighted by molar-refractivity contribution is 5.41. The van der Waals surface area contributed by atoms with Crippen LogP contribution in [0.4, 0.5) is 0 Å². The van der Waals surface area contributed by atoms with Gasteiger partial charge in [0.15, 0.2) is 0 Å². The monoisotopic (exact) mass is 288 g/mol. The normalized spacial score (nSPS) is 31.9. The molecule has 5 atom stereocenters. The largest absolute Gasteiger partial charge is 0.394 e. The molecule has 21 heavy (non-hydrogen) atoms. The summed E-state index contributed by atoms with van der Waals surface area (Å²) in [6.45, 7) is -0.472. The molecule has 0 radical (unpaired) electrons. The number of ether oxygens (including phenoxy) is 1. The summed E-state index contributed by atoms with van der Waals surface area (Å²) in [6, 6.07) is 6.92. The molecule has 1 aromatic rings. The zero-order valence-corrected chi connectivity index (χ0v) is 11.2. The van der Waals surface area contributed by atoms with E-state index in [1.165, 1.54) is 0 Å². The van der Waals surface area contributed by atoms with E-state index < -0.39 is 37.1 Å². The van der Waals surface area contributed by atoms with Crippen LogP contribution >= 0.6 is 0 Å². The molecule has 1 aliphatic heterocycles. The molecule has 0 saturated carbocycles. The van der Waals surface area contributed by atoms with E-state index in [4.69, 9.17) is 16.3 Å². The van der Waals surface area contributed by atoms with Crippen LogP contribution in [0.5, 0.6) is 0 Å². The van der Waals surface area contributed by atoms with Crippen molar-refractivity contribution in [2.75, 3.05) is 6.61 Å². The predicted molar refractivity (Wildman–Crippen MR) is 75.0 cm³/mol. The van der Waals surface area contributed by atoms with Crippen LogP contribution in [0.2, 0.25) is 0 Å². The van der Waals surface area contributed by atoms with Gasteiger partial charge in [0.05, 0.1) is 6.61 Å². The maximum atomic E-state index is 9.84. The zero-order valence-electron chi connectivity index (χ0n) is 11.2. The molecule has 110 valence electrons. The Balaban J connectivity index is 2.14. The van der Waals surface area contributed by atoms with Gasteiger partial charge < -0.3 is 25.2 Å². The van der Waals surface area contributed by atoms with E-state index in [2.05, 4.69) is 17.8 Å². The van der Waals surface area contributed by atoms with Crippen LogP contribution in [-0.4, -0.2) is 57.6 Å². The average molecular weight is 288 g/mol. The fraction of sp³-hybridized carbons (Fsp3) is 0.375. The summed E-state index contributed by atoms with van der Waals surface area (Å²) in [5.74, 6) is 7.97. The number of aliphatic hydroxyl groups excluding tert-OH is 4. The molecule has 0 spiro atoms. The van der Waals surface area contributed by atoms with Crippen LogP contribution < -0.4 is 0 Å². The van der Waals surface area contributed by atoms with E-state index in [0.717, 1.165) is 5.56 Å². The molecule has 0 amide bonds. The van der Waals surface area contributed by atoms with Gasteiger partial charge in [-0.3, -0.25) is 0 Å². The van der Waals surface area contributed by atoms with Crippen molar-refractivity contribution in [2.45, 2.75) is 30.5 Å². The fourth-order valence-corrected chi connectivity index (χ4v) is 2.03. The van der Waals surface area contributed by atoms with E-state index >= 15 is 0 Å². The van der Waals surface area contributed by atoms with Crippen molar-refractivity contribution in [3.63, 3.8) is 0 Å². The first-order chi connectivity index (χ1) is 10.1. The maximum absolute atomic E-state index is 9.84. The highest BCUT2D eigenvalue weighted by Gasteiger charge is 2.42. The number of aliphatic hydroxyl groups is 4. The molecule has 1 aromatic carbocycles. The molecule has 2 rings (SSSR count). The lowest BCUT2D eigenvalue weighted by Crippen LogP contribution is -2.58. The fourth-order valence-electron chi connectivity index (χ4n) is 2.03. The first-order valence-electron chi connectivity index (χ1n) is 6.45. The highest BCUT2D eigenvalue weighted by atomic mass is 16.5. The molecular formula is C16H16O5. The lowest BCUT2D eigenvalue weighted by atomic mass is 9.95. The van der Waals surface area contributed by atoms with Crippen LogP contribution in [0.3, 0.4) is 0 Å². The lowest BCUT2D eigenvalue weighted by molar-refractivity contribution is -0.214. The minimum Gasteiger partial charge on any atom is -0.394 e. The van der Waals surface area contributed by atoms with Crippen molar-refractivity contribution in [3.8, 4) is 24.2 Å². The molecule has 0 bridgehead atoms. The van der Waals surface area contributed by atoms with Gasteiger partial charge in [0.1, 0.15) is 30.5 Å². The second-order valence-electron chi connectivity index (χ2n) is 4.74. The number of hydrogen-bond donors (Lipinski definition) is 4. The quantitative estimate of drug-likeness (QED) is 0.491. The molecule has 1 heterocycles. The summed E-state index contributed by atoms with van der Waals surface area (Å²) in [5, 5.41) is 38.2. The van der Waals surface area contributed by atoms with Crippen LogP contribution in [0, 0.1) is 24.2 Å². The van der Waals surface area contributed by atoms with Gasteiger partial charge in [-0.1, -0.05) is 17.8 Å². The Morgan fingerprint density at radius 2 is 1.62 bits per heavy atom. The van der Waals surface area contributed by atoms with E-state index in [0.29, 0.717) is 5.56 Å². The third-order valence-electron chi connectivity index (χ3n) is 3.30. The molecule has 1 fully saturated rings. The molecule has 5 heteroatoms. The second-order valence-corrected chi connectivity index (χ2v) is 4.74. The Labute approximate surface area is 122 Å². The van der Waals surface area contributed by atoms with Crippen molar-refractivity contribution in [2.24, 2.45) is 0 Å². The molecule has 1 aliphatic rings. The van der Waals surface area contributed by atoms with Gasteiger partial charge in [0.25, 0.3) is 0 Å². The van der Waals surface area contributed by atoms with E-state index in [-0.39, 0.29) is 0 Å². The first-order valence-corrected chi connectivity index (χ1v) is 6.45. The van der Waals surface area contributed by atoms with Gasteiger partial charge in [-0.25, -0.2) is 0 Å². The summed E-state index contributed by atoms with van der Waals surface area (Å²) in [6.07, 6.45) is -0.833. The third-order valence-corrected chi connectivity index (χ3v) is 3.30. The van der Waals surface area contributed by atoms with Gasteiger partial charge in [-0.2, -0.15) is 0 Å².